The second-order valence-electron chi connectivity index (χ2n) is 5.34. The molecule has 1 aliphatic heterocycles. The van der Waals surface area contributed by atoms with Crippen molar-refractivity contribution in [1.82, 2.24) is 4.31 Å². The average Bonchev–Trinajstić information content (AvgIpc) is 2.36. The van der Waals surface area contributed by atoms with E-state index in [0.717, 1.165) is 12.1 Å². The van der Waals surface area contributed by atoms with Crippen molar-refractivity contribution in [3.63, 3.8) is 0 Å². The minimum absolute atomic E-state index is 0.00171. The molecule has 20 heavy (non-hydrogen) atoms. The van der Waals surface area contributed by atoms with Gasteiger partial charge in [-0.15, -0.1) is 0 Å². The SMILES string of the molecule is Cc1cc(F)c(N)cc1S(=O)(=O)N1CCC(C)C(O)C1. The normalized spacial score (nSPS) is 24.8. The first-order valence-electron chi connectivity index (χ1n) is 6.47. The Morgan fingerprint density at radius 3 is 2.70 bits per heavy atom. The first kappa shape index (κ1) is 15.2. The van der Waals surface area contributed by atoms with Gasteiger partial charge in [0.2, 0.25) is 10.0 Å². The lowest BCUT2D eigenvalue weighted by molar-refractivity contribution is 0.0605. The summed E-state index contributed by atoms with van der Waals surface area (Å²) in [5.41, 5.74) is 5.57. The number of rotatable bonds is 2. The Balaban J connectivity index is 2.38. The molecule has 2 rings (SSSR count). The van der Waals surface area contributed by atoms with Gasteiger partial charge in [-0.25, -0.2) is 12.8 Å². The number of nitrogen functional groups attached to an aromatic ring is 1. The molecule has 112 valence electrons. The van der Waals surface area contributed by atoms with Gasteiger partial charge in [-0.05, 0) is 37.0 Å². The summed E-state index contributed by atoms with van der Waals surface area (Å²) in [6, 6.07) is 2.26. The van der Waals surface area contributed by atoms with E-state index in [-0.39, 0.29) is 23.0 Å². The molecule has 2 unspecified atom stereocenters. The molecule has 1 fully saturated rings. The lowest BCUT2D eigenvalue weighted by Crippen LogP contribution is -2.45. The molecular formula is C13H19FN2O3S. The van der Waals surface area contributed by atoms with E-state index in [2.05, 4.69) is 0 Å². The third-order valence-corrected chi connectivity index (χ3v) is 5.80. The summed E-state index contributed by atoms with van der Waals surface area (Å²) in [5.74, 6) is -0.561. The fraction of sp³-hybridized carbons (Fsp3) is 0.538. The maximum absolute atomic E-state index is 13.3. The van der Waals surface area contributed by atoms with Crippen molar-refractivity contribution in [2.75, 3.05) is 18.8 Å². The highest BCUT2D eigenvalue weighted by Gasteiger charge is 2.33. The molecule has 0 aliphatic carbocycles. The van der Waals surface area contributed by atoms with Crippen LogP contribution >= 0.6 is 0 Å². The Morgan fingerprint density at radius 1 is 1.45 bits per heavy atom. The van der Waals surface area contributed by atoms with Crippen molar-refractivity contribution in [2.24, 2.45) is 5.92 Å². The summed E-state index contributed by atoms with van der Waals surface area (Å²) < 4.78 is 39.7. The van der Waals surface area contributed by atoms with Crippen LogP contribution < -0.4 is 5.73 Å². The zero-order valence-corrected chi connectivity index (χ0v) is 12.3. The van der Waals surface area contributed by atoms with Crippen molar-refractivity contribution >= 4 is 15.7 Å². The lowest BCUT2D eigenvalue weighted by atomic mass is 9.98. The zero-order valence-electron chi connectivity index (χ0n) is 11.5. The minimum atomic E-state index is -3.76. The van der Waals surface area contributed by atoms with Gasteiger partial charge in [0, 0.05) is 13.1 Å². The molecule has 3 N–H and O–H groups in total. The number of nitrogens with zero attached hydrogens (tertiary/aromatic N) is 1. The van der Waals surface area contributed by atoms with Crippen LogP contribution in [0.4, 0.5) is 10.1 Å². The molecule has 7 heteroatoms. The number of benzene rings is 1. The van der Waals surface area contributed by atoms with Gasteiger partial charge in [0.15, 0.2) is 0 Å². The molecule has 0 bridgehead atoms. The summed E-state index contributed by atoms with van der Waals surface area (Å²) in [5, 5.41) is 9.84. The average molecular weight is 302 g/mol. The monoisotopic (exact) mass is 302 g/mol. The fourth-order valence-corrected chi connectivity index (χ4v) is 4.04. The Labute approximate surface area is 118 Å². The van der Waals surface area contributed by atoms with Gasteiger partial charge in [0.05, 0.1) is 16.7 Å². The van der Waals surface area contributed by atoms with Crippen molar-refractivity contribution in [2.45, 2.75) is 31.3 Å². The van der Waals surface area contributed by atoms with Gasteiger partial charge in [-0.3, -0.25) is 0 Å². The Morgan fingerprint density at radius 2 is 2.10 bits per heavy atom. The molecule has 0 saturated carbocycles. The number of sulfonamides is 1. The highest BCUT2D eigenvalue weighted by Crippen LogP contribution is 2.28. The van der Waals surface area contributed by atoms with E-state index in [4.69, 9.17) is 5.73 Å². The molecule has 1 aromatic rings. The number of aliphatic hydroxyl groups excluding tert-OH is 1. The topological polar surface area (TPSA) is 83.6 Å². The van der Waals surface area contributed by atoms with Crippen LogP contribution in [0.3, 0.4) is 0 Å². The van der Waals surface area contributed by atoms with Crippen LogP contribution in [0.1, 0.15) is 18.9 Å². The first-order chi connectivity index (χ1) is 9.23. The molecule has 0 radical (unpaired) electrons. The molecule has 0 spiro atoms. The summed E-state index contributed by atoms with van der Waals surface area (Å²) >= 11 is 0. The molecule has 2 atom stereocenters. The number of anilines is 1. The molecule has 0 amide bonds. The van der Waals surface area contributed by atoms with Crippen LogP contribution in [-0.2, 0) is 10.0 Å². The van der Waals surface area contributed by atoms with Crippen LogP contribution in [0.5, 0.6) is 0 Å². The van der Waals surface area contributed by atoms with Crippen LogP contribution in [0.2, 0.25) is 0 Å². The van der Waals surface area contributed by atoms with E-state index in [1.807, 2.05) is 6.92 Å². The Kier molecular flexibility index (Phi) is 4.04. The van der Waals surface area contributed by atoms with E-state index >= 15 is 0 Å². The number of hydrogen-bond acceptors (Lipinski definition) is 4. The minimum Gasteiger partial charge on any atom is -0.396 e. The summed E-state index contributed by atoms with van der Waals surface area (Å²) in [4.78, 5) is -0.00171. The molecule has 0 aromatic heterocycles. The third kappa shape index (κ3) is 2.65. The second-order valence-corrected chi connectivity index (χ2v) is 7.24. The number of β-amino-alcohol motifs (C(OH)–C–C–N with tert-alkyl or cyclic N) is 1. The van der Waals surface area contributed by atoms with Crippen molar-refractivity contribution in [3.05, 3.63) is 23.5 Å². The largest absolute Gasteiger partial charge is 0.396 e. The highest BCUT2D eigenvalue weighted by molar-refractivity contribution is 7.89. The third-order valence-electron chi connectivity index (χ3n) is 3.79. The molecular weight excluding hydrogens is 283 g/mol. The van der Waals surface area contributed by atoms with Gasteiger partial charge < -0.3 is 10.8 Å². The van der Waals surface area contributed by atoms with E-state index in [9.17, 15) is 17.9 Å². The first-order valence-corrected chi connectivity index (χ1v) is 7.91. The van der Waals surface area contributed by atoms with E-state index < -0.39 is 21.9 Å². The van der Waals surface area contributed by atoms with Gasteiger partial charge in [-0.2, -0.15) is 4.31 Å². The summed E-state index contributed by atoms with van der Waals surface area (Å²) in [6.07, 6.45) is -0.0903. The number of nitrogens with two attached hydrogens (primary N) is 1. The molecule has 1 saturated heterocycles. The maximum Gasteiger partial charge on any atom is 0.243 e. The molecule has 1 aliphatic rings. The standard InChI is InChI=1S/C13H19FN2O3S/c1-8-3-4-16(7-12(8)17)20(18,19)13-6-11(15)10(14)5-9(13)2/h5-6,8,12,17H,3-4,7,15H2,1-2H3. The quantitative estimate of drug-likeness (QED) is 0.802. The van der Waals surface area contributed by atoms with Crippen molar-refractivity contribution < 1.29 is 17.9 Å². The van der Waals surface area contributed by atoms with Gasteiger partial charge in [0.1, 0.15) is 5.82 Å². The number of aryl methyl sites for hydroxylation is 1. The van der Waals surface area contributed by atoms with Crippen LogP contribution in [0.15, 0.2) is 17.0 Å². The Hall–Kier alpha value is -1.18. The predicted molar refractivity (Wildman–Crippen MR) is 74.1 cm³/mol. The predicted octanol–water partition coefficient (Wildman–Crippen LogP) is 1.11. The zero-order chi connectivity index (χ0) is 15.1. The fourth-order valence-electron chi connectivity index (χ4n) is 2.32. The van der Waals surface area contributed by atoms with Gasteiger partial charge >= 0.3 is 0 Å². The molecule has 1 heterocycles. The smallest absolute Gasteiger partial charge is 0.243 e. The number of aliphatic hydroxyl groups is 1. The Bertz CT molecular complexity index is 618. The van der Waals surface area contributed by atoms with Crippen molar-refractivity contribution in [3.8, 4) is 0 Å². The summed E-state index contributed by atoms with van der Waals surface area (Å²) in [6.45, 7) is 3.81. The summed E-state index contributed by atoms with van der Waals surface area (Å²) in [7, 11) is -3.76. The molecule has 1 aromatic carbocycles. The van der Waals surface area contributed by atoms with Crippen molar-refractivity contribution in [1.29, 1.82) is 0 Å². The van der Waals surface area contributed by atoms with Crippen LogP contribution in [0, 0.1) is 18.7 Å². The van der Waals surface area contributed by atoms with Crippen LogP contribution in [0.25, 0.3) is 0 Å². The van der Waals surface area contributed by atoms with E-state index in [0.29, 0.717) is 18.5 Å². The number of halogens is 1. The lowest BCUT2D eigenvalue weighted by Gasteiger charge is -2.33. The second kappa shape index (κ2) is 5.31. The number of piperidine rings is 1. The maximum atomic E-state index is 13.3. The van der Waals surface area contributed by atoms with E-state index in [1.165, 1.54) is 11.2 Å². The van der Waals surface area contributed by atoms with E-state index in [1.54, 1.807) is 0 Å². The molecule has 5 nitrogen and oxygen atoms in total. The van der Waals surface area contributed by atoms with Crippen LogP contribution in [-0.4, -0.2) is 37.0 Å². The highest BCUT2D eigenvalue weighted by atomic mass is 32.2. The number of hydrogen-bond donors (Lipinski definition) is 2. The van der Waals surface area contributed by atoms with Gasteiger partial charge in [0.25, 0.3) is 0 Å². The van der Waals surface area contributed by atoms with Gasteiger partial charge in [-0.1, -0.05) is 6.92 Å².